The number of carbonyl (C=O) groups excluding carboxylic acids is 1. The van der Waals surface area contributed by atoms with Gasteiger partial charge in [0, 0.05) is 6.04 Å². The zero-order chi connectivity index (χ0) is 11.3. The average molecular weight is 230 g/mol. The molecule has 0 bridgehead atoms. The Hall–Kier alpha value is -0.840. The fraction of sp³-hybridized carbons (Fsp3) is 0.800. The smallest absolute Gasteiger partial charge is 0.410 e. The first-order chi connectivity index (χ1) is 7.15. The SMILES string of the molecule is CCOC(=O)N(CC(N)=S)C1CCCC1. The van der Waals surface area contributed by atoms with Gasteiger partial charge in [-0.2, -0.15) is 0 Å². The molecule has 1 aliphatic rings. The number of thiocarbonyl (C=S) groups is 1. The van der Waals surface area contributed by atoms with Crippen LogP contribution < -0.4 is 5.73 Å². The van der Waals surface area contributed by atoms with Gasteiger partial charge in [0.05, 0.1) is 18.1 Å². The number of nitrogens with zero attached hydrogens (tertiary/aromatic N) is 1. The predicted molar refractivity (Wildman–Crippen MR) is 62.8 cm³/mol. The Balaban J connectivity index is 2.58. The third-order valence-corrected chi connectivity index (χ3v) is 2.72. The lowest BCUT2D eigenvalue weighted by Crippen LogP contribution is -2.43. The molecule has 5 heteroatoms. The summed E-state index contributed by atoms with van der Waals surface area (Å²) in [5.41, 5.74) is 5.48. The summed E-state index contributed by atoms with van der Waals surface area (Å²) in [5.74, 6) is 0. The Morgan fingerprint density at radius 1 is 1.53 bits per heavy atom. The van der Waals surface area contributed by atoms with Gasteiger partial charge < -0.3 is 10.5 Å². The average Bonchev–Trinajstić information content (AvgIpc) is 2.66. The Morgan fingerprint density at radius 2 is 2.13 bits per heavy atom. The number of hydrogen-bond donors (Lipinski definition) is 1. The molecule has 0 spiro atoms. The first kappa shape index (κ1) is 12.2. The van der Waals surface area contributed by atoms with E-state index in [-0.39, 0.29) is 12.1 Å². The van der Waals surface area contributed by atoms with E-state index in [4.69, 9.17) is 22.7 Å². The minimum atomic E-state index is -0.294. The largest absolute Gasteiger partial charge is 0.450 e. The predicted octanol–water partition coefficient (Wildman–Crippen LogP) is 1.67. The van der Waals surface area contributed by atoms with Crippen LogP contribution in [-0.2, 0) is 4.74 Å². The van der Waals surface area contributed by atoms with E-state index in [0.717, 1.165) is 25.7 Å². The zero-order valence-electron chi connectivity index (χ0n) is 9.07. The topological polar surface area (TPSA) is 55.6 Å². The highest BCUT2D eigenvalue weighted by Gasteiger charge is 2.27. The van der Waals surface area contributed by atoms with Crippen molar-refractivity contribution in [1.82, 2.24) is 4.90 Å². The maximum atomic E-state index is 11.7. The molecular formula is C10H18N2O2S. The molecule has 1 amide bonds. The Labute approximate surface area is 95.8 Å². The van der Waals surface area contributed by atoms with Crippen LogP contribution in [0.5, 0.6) is 0 Å². The zero-order valence-corrected chi connectivity index (χ0v) is 9.89. The number of nitrogens with two attached hydrogens (primary N) is 1. The quantitative estimate of drug-likeness (QED) is 0.746. The molecule has 0 aliphatic heterocycles. The van der Waals surface area contributed by atoms with Gasteiger partial charge in [-0.15, -0.1) is 0 Å². The molecule has 0 saturated heterocycles. The van der Waals surface area contributed by atoms with Crippen LogP contribution in [0.1, 0.15) is 32.6 Å². The molecule has 86 valence electrons. The summed E-state index contributed by atoms with van der Waals surface area (Å²) in [6, 6.07) is 0.255. The van der Waals surface area contributed by atoms with E-state index in [0.29, 0.717) is 18.1 Å². The summed E-state index contributed by atoms with van der Waals surface area (Å²) in [7, 11) is 0. The summed E-state index contributed by atoms with van der Waals surface area (Å²) in [6.45, 7) is 2.52. The number of rotatable bonds is 4. The van der Waals surface area contributed by atoms with Crippen LogP contribution >= 0.6 is 12.2 Å². The summed E-state index contributed by atoms with van der Waals surface area (Å²) < 4.78 is 4.99. The highest BCUT2D eigenvalue weighted by molar-refractivity contribution is 7.80. The molecule has 4 nitrogen and oxygen atoms in total. The van der Waals surface area contributed by atoms with Crippen molar-refractivity contribution in [2.45, 2.75) is 38.6 Å². The van der Waals surface area contributed by atoms with Crippen molar-refractivity contribution in [2.24, 2.45) is 5.73 Å². The van der Waals surface area contributed by atoms with E-state index < -0.39 is 0 Å². The Morgan fingerprint density at radius 3 is 2.60 bits per heavy atom. The van der Waals surface area contributed by atoms with E-state index in [1.807, 2.05) is 0 Å². The molecule has 1 rings (SSSR count). The summed E-state index contributed by atoms with van der Waals surface area (Å²) >= 11 is 4.84. The van der Waals surface area contributed by atoms with Crippen molar-refractivity contribution < 1.29 is 9.53 Å². The maximum absolute atomic E-state index is 11.7. The van der Waals surface area contributed by atoms with Gasteiger partial charge in [0.15, 0.2) is 0 Å². The standard InChI is InChI=1S/C10H18N2O2S/c1-2-14-10(13)12(7-9(11)15)8-5-3-4-6-8/h8H,2-7H2,1H3,(H2,11,15). The number of hydrogen-bond acceptors (Lipinski definition) is 3. The van der Waals surface area contributed by atoms with Crippen molar-refractivity contribution in [1.29, 1.82) is 0 Å². The third kappa shape index (κ3) is 3.66. The summed E-state index contributed by atoms with van der Waals surface area (Å²) in [6.07, 6.45) is 4.09. The van der Waals surface area contributed by atoms with Crippen LogP contribution in [0.3, 0.4) is 0 Å². The second-order valence-electron chi connectivity index (χ2n) is 3.73. The van der Waals surface area contributed by atoms with Crippen molar-refractivity contribution in [3.63, 3.8) is 0 Å². The van der Waals surface area contributed by atoms with Gasteiger partial charge >= 0.3 is 6.09 Å². The van der Waals surface area contributed by atoms with E-state index in [1.54, 1.807) is 11.8 Å². The van der Waals surface area contributed by atoms with Gasteiger partial charge in [-0.25, -0.2) is 4.79 Å². The fourth-order valence-electron chi connectivity index (χ4n) is 1.93. The molecule has 0 unspecified atom stereocenters. The normalized spacial score (nSPS) is 16.3. The van der Waals surface area contributed by atoms with Gasteiger partial charge in [0.1, 0.15) is 0 Å². The van der Waals surface area contributed by atoms with Gasteiger partial charge in [-0.3, -0.25) is 4.90 Å². The lowest BCUT2D eigenvalue weighted by molar-refractivity contribution is 0.0979. The van der Waals surface area contributed by atoms with Crippen LogP contribution in [0.4, 0.5) is 4.79 Å². The molecule has 1 saturated carbocycles. The molecule has 1 fully saturated rings. The highest BCUT2D eigenvalue weighted by Crippen LogP contribution is 2.23. The van der Waals surface area contributed by atoms with Crippen LogP contribution in [0.25, 0.3) is 0 Å². The Kier molecular flexibility index (Phi) is 4.81. The van der Waals surface area contributed by atoms with E-state index in [9.17, 15) is 4.79 Å². The molecule has 0 heterocycles. The minimum absolute atomic E-state index is 0.255. The van der Waals surface area contributed by atoms with E-state index in [1.165, 1.54) is 0 Å². The summed E-state index contributed by atoms with van der Waals surface area (Å²) in [5, 5.41) is 0. The minimum Gasteiger partial charge on any atom is -0.450 e. The molecule has 0 aromatic heterocycles. The van der Waals surface area contributed by atoms with Crippen molar-refractivity contribution in [3.8, 4) is 0 Å². The molecule has 15 heavy (non-hydrogen) atoms. The molecular weight excluding hydrogens is 212 g/mol. The first-order valence-corrected chi connectivity index (χ1v) is 5.77. The second kappa shape index (κ2) is 5.90. The van der Waals surface area contributed by atoms with Crippen molar-refractivity contribution in [2.75, 3.05) is 13.2 Å². The van der Waals surface area contributed by atoms with Crippen LogP contribution in [0.15, 0.2) is 0 Å². The van der Waals surface area contributed by atoms with Gasteiger partial charge in [0.2, 0.25) is 0 Å². The van der Waals surface area contributed by atoms with Gasteiger partial charge in [-0.1, -0.05) is 25.1 Å². The highest BCUT2D eigenvalue weighted by atomic mass is 32.1. The van der Waals surface area contributed by atoms with Crippen molar-refractivity contribution in [3.05, 3.63) is 0 Å². The number of amides is 1. The number of ether oxygens (including phenoxy) is 1. The van der Waals surface area contributed by atoms with Crippen LogP contribution in [0, 0.1) is 0 Å². The molecule has 0 radical (unpaired) electrons. The number of carbonyl (C=O) groups is 1. The van der Waals surface area contributed by atoms with Crippen LogP contribution in [-0.4, -0.2) is 35.2 Å². The lowest BCUT2D eigenvalue weighted by Gasteiger charge is -2.27. The molecule has 1 aliphatic carbocycles. The first-order valence-electron chi connectivity index (χ1n) is 5.36. The molecule has 0 atom stereocenters. The molecule has 0 aromatic rings. The third-order valence-electron chi connectivity index (χ3n) is 2.59. The maximum Gasteiger partial charge on any atom is 0.410 e. The van der Waals surface area contributed by atoms with Crippen molar-refractivity contribution >= 4 is 23.3 Å². The lowest BCUT2D eigenvalue weighted by atomic mass is 10.2. The van der Waals surface area contributed by atoms with Crippen LogP contribution in [0.2, 0.25) is 0 Å². The summed E-state index contributed by atoms with van der Waals surface area (Å²) in [4.78, 5) is 13.7. The molecule has 2 N–H and O–H groups in total. The van der Waals surface area contributed by atoms with E-state index >= 15 is 0 Å². The molecule has 0 aromatic carbocycles. The van der Waals surface area contributed by atoms with Gasteiger partial charge in [0.25, 0.3) is 0 Å². The second-order valence-corrected chi connectivity index (χ2v) is 4.26. The fourth-order valence-corrected chi connectivity index (χ4v) is 2.07. The van der Waals surface area contributed by atoms with E-state index in [2.05, 4.69) is 0 Å². The Bertz CT molecular complexity index is 240. The van der Waals surface area contributed by atoms with Gasteiger partial charge in [-0.05, 0) is 19.8 Å². The monoisotopic (exact) mass is 230 g/mol.